The highest BCUT2D eigenvalue weighted by molar-refractivity contribution is 5.98. The standard InChI is InChI=1S/C19H21N.C18H25N3O2.C16H21NO.C14H19NO.C14H17NO.C14H19N.C14H21N.C13H17N.C12H17N/c1-19(2,3)17-10-9-16-11-12-20(18(16)13-17)14-15-7-5-4-6-8-15;1-18(2,3)14-7-6-13-8-9-21(15(13)10-14)17(23)12-20(5)16(22)11-19-4;1-11(18)17-10-16(7-8-16)13-6-5-12(9-14(13)17)15(2,3)4;2*1-10(16)15-8-7-11-5-6-12(9-13(11)15)14(2,3)4;1-13(2,3)10-4-5-11-12(8-10)15-9-14(11)6-7-14;1-13(2,3)10-6-7-11-12(8-10)15-9-14(11,4)5;1-13(2,3)11-6-5-10-7-8-14(4)12(10)9-11;1-12(2,3)10-5-4-9-6-7-13-11(9)8-10/h4-13H,14H2,1-3H3;6-10,19H,11-12H2,1-5H3;5-6,9H,7-8,10H2,1-4H3;5-6,9H,7-8H2,1-4H3;5-9H,1-4H3;4-5,8,15H,6-7,9H2,1-3H3;6-8,15H,9H2,1-5H3;5-9H,1-4H3;4-5,8,13H,6-7H2,1-3H3. The van der Waals surface area contributed by atoms with Crippen molar-refractivity contribution in [3.05, 3.63) is 327 Å². The van der Waals surface area contributed by atoms with Crippen LogP contribution in [0.5, 0.6) is 0 Å². The van der Waals surface area contributed by atoms with E-state index in [9.17, 15) is 24.0 Å². The molecule has 0 atom stereocenters. The maximum Gasteiger partial charge on any atom is 0.250 e. The molecule has 2 aliphatic carbocycles. The molecule has 2 fully saturated rings. The van der Waals surface area contributed by atoms with Crippen molar-refractivity contribution in [3.8, 4) is 0 Å². The molecule has 2 saturated carbocycles. The number of benzene rings is 10. The second kappa shape index (κ2) is 44.4. The summed E-state index contributed by atoms with van der Waals surface area (Å²) in [5, 5.41) is 18.1. The van der Waals surface area contributed by atoms with Gasteiger partial charge < -0.3 is 45.1 Å². The predicted molar refractivity (Wildman–Crippen MR) is 637 cm³/mol. The van der Waals surface area contributed by atoms with E-state index in [0.29, 0.717) is 10.8 Å². The molecule has 21 rings (SSSR count). The SMILES string of the molecule is CC(=O)N1CC2(CC2)c2ccc(C(C)(C)C)cc21.CC(=O)N1CCc2ccc(C(C)(C)C)cc21.CC(=O)n1ccc2ccc(C(C)(C)C)cc21.CC(C)(C)c1ccc2c(c1)NCC2.CC(C)(C)c1ccc2c(c1)NCC2(C)C.CC(C)(C)c1ccc2c(c1)NCC21CC1.CC(C)(C)c1ccc2ccn(Cc3ccccc3)c2c1.CNCC(=O)N(C)CC(=O)n1ccc2ccc(C(C)(C)C)cc21.Cn1ccc2ccc(C(C)(C)C)cc21. The second-order valence-electron chi connectivity index (χ2n) is 53.1. The summed E-state index contributed by atoms with van der Waals surface area (Å²) in [5.74, 6) is 0.155. The van der Waals surface area contributed by atoms with Gasteiger partial charge in [-0.15, -0.1) is 0 Å². The third kappa shape index (κ3) is 27.7. The van der Waals surface area contributed by atoms with Crippen LogP contribution in [0.3, 0.4) is 0 Å². The Morgan fingerprint density at radius 1 is 0.360 bits per heavy atom. The van der Waals surface area contributed by atoms with Crippen LogP contribution in [0.1, 0.15) is 340 Å². The molecular formula is C134H177N11O5. The first-order chi connectivity index (χ1) is 69.8. The molecule has 9 heterocycles. The Hall–Kier alpha value is -12.5. The van der Waals surface area contributed by atoms with Crippen LogP contribution >= 0.6 is 0 Å². The normalized spacial score (nSPS) is 15.1. The minimum Gasteiger partial charge on any atom is -0.384 e. The molecule has 798 valence electrons. The molecule has 0 radical (unpaired) electrons. The average Bonchev–Trinajstić information content (AvgIpc) is 1.56. The summed E-state index contributed by atoms with van der Waals surface area (Å²) in [7, 11) is 5.44. The number of amides is 3. The Morgan fingerprint density at radius 3 is 1.23 bits per heavy atom. The molecule has 16 heteroatoms. The Balaban J connectivity index is 0.000000141. The van der Waals surface area contributed by atoms with Crippen molar-refractivity contribution >= 4 is 102 Å². The number of aryl methyl sites for hydroxylation is 1. The summed E-state index contributed by atoms with van der Waals surface area (Å²) in [5.41, 5.74) is 34.2. The summed E-state index contributed by atoms with van der Waals surface area (Å²) in [6.07, 6.45) is 15.3. The van der Waals surface area contributed by atoms with Crippen molar-refractivity contribution in [3.63, 3.8) is 0 Å². The summed E-state index contributed by atoms with van der Waals surface area (Å²) in [6.45, 7) is 75.8. The zero-order valence-corrected chi connectivity index (χ0v) is 97.7. The van der Waals surface area contributed by atoms with Crippen LogP contribution in [0, 0.1) is 0 Å². The number of nitrogens with one attached hydrogen (secondary N) is 4. The monoisotopic (exact) mass is 2020 g/mol. The molecule has 4 aromatic heterocycles. The van der Waals surface area contributed by atoms with E-state index in [1.165, 1.54) is 154 Å². The maximum atomic E-state index is 12.5. The van der Waals surface area contributed by atoms with Gasteiger partial charge in [0.05, 0.1) is 17.6 Å². The van der Waals surface area contributed by atoms with Gasteiger partial charge in [-0.05, 0) is 267 Å². The lowest BCUT2D eigenvalue weighted by Crippen LogP contribution is -2.38. The minimum absolute atomic E-state index is 0.0197. The molecule has 0 saturated heterocycles. The number of rotatable bonds is 6. The van der Waals surface area contributed by atoms with E-state index in [1.807, 2.05) is 34.2 Å². The van der Waals surface area contributed by atoms with Crippen LogP contribution in [0.2, 0.25) is 0 Å². The van der Waals surface area contributed by atoms with Crippen molar-refractivity contribution in [2.24, 2.45) is 7.05 Å². The smallest absolute Gasteiger partial charge is 0.250 e. The first-order valence-corrected chi connectivity index (χ1v) is 54.6. The molecule has 2 spiro atoms. The number of fused-ring (bicyclic) bond motifs is 11. The zero-order chi connectivity index (χ0) is 110. The minimum atomic E-state index is -0.113. The van der Waals surface area contributed by atoms with Crippen molar-refractivity contribution < 1.29 is 24.0 Å². The highest BCUT2D eigenvalue weighted by Gasteiger charge is 2.53. The molecule has 7 aliphatic rings. The Bertz CT molecular complexity index is 7120. The third-order valence-electron chi connectivity index (χ3n) is 31.0. The molecule has 0 unspecified atom stereocenters. The van der Waals surface area contributed by atoms with Gasteiger partial charge in [0.1, 0.15) is 6.54 Å². The summed E-state index contributed by atoms with van der Waals surface area (Å²) < 4.78 is 7.84. The topological polar surface area (TPSA) is 163 Å². The zero-order valence-electron chi connectivity index (χ0n) is 97.7. The molecule has 0 bridgehead atoms. The fraction of sp³-hybridized carbons (Fsp3) is 0.455. The van der Waals surface area contributed by atoms with Gasteiger partial charge in [0.25, 0.3) is 5.91 Å². The fourth-order valence-electron chi connectivity index (χ4n) is 20.3. The number of nitrogens with zero attached hydrogens (tertiary/aromatic N) is 7. The maximum absolute atomic E-state index is 12.5. The number of anilines is 5. The summed E-state index contributed by atoms with van der Waals surface area (Å²) >= 11 is 0. The Kier molecular flexibility index (Phi) is 33.9. The molecule has 4 N–H and O–H groups in total. The predicted octanol–water partition coefficient (Wildman–Crippen LogP) is 30.7. The van der Waals surface area contributed by atoms with Gasteiger partial charge in [0, 0.05) is 165 Å². The third-order valence-corrected chi connectivity index (χ3v) is 31.0. The van der Waals surface area contributed by atoms with Crippen molar-refractivity contribution in [1.82, 2.24) is 28.5 Å². The summed E-state index contributed by atoms with van der Waals surface area (Å²) in [4.78, 5) is 64.4. The highest BCUT2D eigenvalue weighted by atomic mass is 16.2. The molecule has 10 aromatic carbocycles. The highest BCUT2D eigenvalue weighted by Crippen LogP contribution is 2.58. The average molecular weight is 2020 g/mol. The molecule has 5 aliphatic heterocycles. The van der Waals surface area contributed by atoms with Crippen LogP contribution in [0.25, 0.3) is 43.6 Å². The van der Waals surface area contributed by atoms with Crippen molar-refractivity contribution in [2.45, 2.75) is 332 Å². The second-order valence-corrected chi connectivity index (χ2v) is 53.1. The molecule has 16 nitrogen and oxygen atoms in total. The van der Waals surface area contributed by atoms with Crippen molar-refractivity contribution in [1.29, 1.82) is 0 Å². The fourth-order valence-corrected chi connectivity index (χ4v) is 20.3. The van der Waals surface area contributed by atoms with Gasteiger partial charge in [-0.25, -0.2) is 0 Å². The van der Waals surface area contributed by atoms with E-state index in [0.717, 1.165) is 78.9 Å². The molecule has 14 aromatic rings. The van der Waals surface area contributed by atoms with E-state index in [4.69, 9.17) is 0 Å². The first kappa shape index (κ1) is 115. The van der Waals surface area contributed by atoms with E-state index >= 15 is 0 Å². The van der Waals surface area contributed by atoms with Gasteiger partial charge >= 0.3 is 0 Å². The number of aromatic nitrogens is 4. The van der Waals surface area contributed by atoms with Crippen LogP contribution < -0.4 is 31.1 Å². The van der Waals surface area contributed by atoms with Crippen LogP contribution in [-0.4, -0.2) is 113 Å². The van der Waals surface area contributed by atoms with Crippen LogP contribution in [-0.2, 0) is 106 Å². The van der Waals surface area contributed by atoms with Gasteiger partial charge in [-0.2, -0.15) is 0 Å². The lowest BCUT2D eigenvalue weighted by molar-refractivity contribution is -0.128. The van der Waals surface area contributed by atoms with E-state index in [-0.39, 0.29) is 96.8 Å². The largest absolute Gasteiger partial charge is 0.384 e. The van der Waals surface area contributed by atoms with Gasteiger partial charge in [-0.1, -0.05) is 340 Å². The van der Waals surface area contributed by atoms with Crippen molar-refractivity contribution in [2.75, 3.05) is 85.7 Å². The molecular weight excluding hydrogens is 1840 g/mol. The van der Waals surface area contributed by atoms with E-state index in [1.54, 1.807) is 55.8 Å². The van der Waals surface area contributed by atoms with Gasteiger partial charge in [0.15, 0.2) is 0 Å². The van der Waals surface area contributed by atoms with E-state index in [2.05, 4.69) is 451 Å². The first-order valence-electron chi connectivity index (χ1n) is 54.6. The number of hydrogen-bond acceptors (Lipinski definition) is 9. The van der Waals surface area contributed by atoms with Crippen LogP contribution in [0.15, 0.2) is 243 Å². The Labute approximate surface area is 899 Å². The lowest BCUT2D eigenvalue weighted by Gasteiger charge is -2.22. The molecule has 3 amide bonds. The van der Waals surface area contributed by atoms with Crippen LogP contribution in [0.4, 0.5) is 28.4 Å². The Morgan fingerprint density at radius 2 is 0.747 bits per heavy atom. The number of likely N-dealkylation sites (N-methyl/N-ethyl adjacent to an activating group) is 2. The summed E-state index contributed by atoms with van der Waals surface area (Å²) in [6, 6.07) is 78.8. The molecule has 150 heavy (non-hydrogen) atoms. The number of carbonyl (C=O) groups is 5. The lowest BCUT2D eigenvalue weighted by atomic mass is 9.82. The van der Waals surface area contributed by atoms with E-state index < -0.39 is 0 Å². The van der Waals surface area contributed by atoms with Gasteiger partial charge in [0.2, 0.25) is 23.6 Å². The quantitative estimate of drug-likeness (QED) is 0.127. The van der Waals surface area contributed by atoms with Gasteiger partial charge in [-0.3, -0.25) is 33.1 Å². The number of hydrogen-bond donors (Lipinski definition) is 4. The number of carbonyl (C=O) groups excluding carboxylic acids is 5.